The molecular formula is C23H12BrNOS. The molecule has 4 heteroatoms. The normalized spacial score (nSPS) is 11.9. The van der Waals surface area contributed by atoms with Crippen LogP contribution in [0.25, 0.3) is 53.5 Å². The van der Waals surface area contributed by atoms with E-state index in [2.05, 4.69) is 58.4 Å². The van der Waals surface area contributed by atoms with Crippen LogP contribution < -0.4 is 0 Å². The van der Waals surface area contributed by atoms with Crippen LogP contribution in [-0.4, -0.2) is 4.98 Å². The van der Waals surface area contributed by atoms with Gasteiger partial charge in [-0.3, -0.25) is 0 Å². The average Bonchev–Trinajstić information content (AvgIpc) is 3.29. The van der Waals surface area contributed by atoms with Gasteiger partial charge in [-0.15, -0.1) is 11.3 Å². The lowest BCUT2D eigenvalue weighted by Gasteiger charge is -2.02. The zero-order valence-electron chi connectivity index (χ0n) is 14.1. The quantitative estimate of drug-likeness (QED) is 0.266. The summed E-state index contributed by atoms with van der Waals surface area (Å²) in [5, 5.41) is 4.87. The number of rotatable bonds is 1. The number of thiophene rings is 1. The van der Waals surface area contributed by atoms with Crippen LogP contribution in [0.4, 0.5) is 0 Å². The van der Waals surface area contributed by atoms with Gasteiger partial charge in [0.05, 0.1) is 0 Å². The second-order valence-corrected chi connectivity index (χ2v) is 8.58. The van der Waals surface area contributed by atoms with Gasteiger partial charge in [0.25, 0.3) is 0 Å². The first-order valence-electron chi connectivity index (χ1n) is 8.67. The number of benzene rings is 4. The molecule has 4 aromatic carbocycles. The van der Waals surface area contributed by atoms with E-state index < -0.39 is 0 Å². The second-order valence-electron chi connectivity index (χ2n) is 6.58. The third-order valence-electron chi connectivity index (χ3n) is 4.96. The van der Waals surface area contributed by atoms with Gasteiger partial charge in [-0.1, -0.05) is 46.3 Å². The maximum Gasteiger partial charge on any atom is 0.227 e. The second kappa shape index (κ2) is 5.65. The molecule has 2 heterocycles. The van der Waals surface area contributed by atoms with Gasteiger partial charge >= 0.3 is 0 Å². The van der Waals surface area contributed by atoms with Crippen LogP contribution in [0, 0.1) is 0 Å². The summed E-state index contributed by atoms with van der Waals surface area (Å²) in [6.45, 7) is 0. The largest absolute Gasteiger partial charge is 0.435 e. The zero-order chi connectivity index (χ0) is 18.0. The Hall–Kier alpha value is -2.69. The molecule has 0 fully saturated rings. The van der Waals surface area contributed by atoms with E-state index in [1.165, 1.54) is 25.6 Å². The SMILES string of the molecule is Brc1ccc2ccc3sc4ccc5nc(-c6ccccc6)oc5c4c3c2c1. The molecule has 0 bridgehead atoms. The smallest absolute Gasteiger partial charge is 0.227 e. The van der Waals surface area contributed by atoms with Crippen molar-refractivity contribution in [1.82, 2.24) is 4.98 Å². The van der Waals surface area contributed by atoms with Crippen molar-refractivity contribution in [3.05, 3.63) is 77.3 Å². The molecule has 2 nitrogen and oxygen atoms in total. The Bertz CT molecular complexity index is 1480. The number of halogens is 1. The van der Waals surface area contributed by atoms with Crippen LogP contribution in [-0.2, 0) is 0 Å². The third-order valence-corrected chi connectivity index (χ3v) is 6.57. The van der Waals surface area contributed by atoms with Gasteiger partial charge in [0.1, 0.15) is 5.52 Å². The number of fused-ring (bicyclic) bond motifs is 7. The Kier molecular flexibility index (Phi) is 3.22. The van der Waals surface area contributed by atoms with Crippen LogP contribution in [0.1, 0.15) is 0 Å². The van der Waals surface area contributed by atoms with Crippen molar-refractivity contribution in [2.75, 3.05) is 0 Å². The number of aromatic nitrogens is 1. The predicted octanol–water partition coefficient (Wildman–Crippen LogP) is 7.78. The maximum atomic E-state index is 6.30. The van der Waals surface area contributed by atoms with Gasteiger partial charge in [0, 0.05) is 30.2 Å². The van der Waals surface area contributed by atoms with E-state index in [1.54, 1.807) is 11.3 Å². The summed E-state index contributed by atoms with van der Waals surface area (Å²) in [5.74, 6) is 0.666. The molecule has 0 aliphatic heterocycles. The highest BCUT2D eigenvalue weighted by atomic mass is 79.9. The Balaban J connectivity index is 1.79. The van der Waals surface area contributed by atoms with Gasteiger partial charge in [-0.2, -0.15) is 0 Å². The molecule has 0 radical (unpaired) electrons. The molecule has 0 aliphatic rings. The molecule has 0 aliphatic carbocycles. The summed E-state index contributed by atoms with van der Waals surface area (Å²) in [7, 11) is 0. The van der Waals surface area contributed by atoms with Gasteiger partial charge < -0.3 is 4.42 Å². The lowest BCUT2D eigenvalue weighted by Crippen LogP contribution is -1.76. The van der Waals surface area contributed by atoms with Crippen molar-refractivity contribution in [3.8, 4) is 11.5 Å². The van der Waals surface area contributed by atoms with E-state index in [1.807, 2.05) is 30.3 Å². The Morgan fingerprint density at radius 2 is 1.59 bits per heavy atom. The van der Waals surface area contributed by atoms with E-state index >= 15 is 0 Å². The first-order chi connectivity index (χ1) is 13.3. The molecule has 0 atom stereocenters. The van der Waals surface area contributed by atoms with Crippen molar-refractivity contribution in [2.24, 2.45) is 0 Å². The summed E-state index contributed by atoms with van der Waals surface area (Å²) >= 11 is 5.42. The monoisotopic (exact) mass is 429 g/mol. The minimum atomic E-state index is 0.666. The minimum Gasteiger partial charge on any atom is -0.435 e. The molecule has 0 spiro atoms. The molecular weight excluding hydrogens is 418 g/mol. The molecule has 128 valence electrons. The number of oxazole rings is 1. The number of nitrogens with zero attached hydrogens (tertiary/aromatic N) is 1. The van der Waals surface area contributed by atoms with Gasteiger partial charge in [0.15, 0.2) is 5.58 Å². The summed E-state index contributed by atoms with van der Waals surface area (Å²) in [6, 6.07) is 25.1. The summed E-state index contributed by atoms with van der Waals surface area (Å²) in [5.41, 5.74) is 2.76. The van der Waals surface area contributed by atoms with E-state index in [9.17, 15) is 0 Å². The molecule has 27 heavy (non-hydrogen) atoms. The molecule has 0 saturated heterocycles. The molecule has 0 N–H and O–H groups in total. The summed E-state index contributed by atoms with van der Waals surface area (Å²) in [6.07, 6.45) is 0. The van der Waals surface area contributed by atoms with Crippen molar-refractivity contribution < 1.29 is 4.42 Å². The lowest BCUT2D eigenvalue weighted by molar-refractivity contribution is 0.623. The maximum absolute atomic E-state index is 6.30. The van der Waals surface area contributed by atoms with E-state index in [0.717, 1.165) is 26.5 Å². The van der Waals surface area contributed by atoms with Gasteiger partial charge in [-0.05, 0) is 53.2 Å². The van der Waals surface area contributed by atoms with Crippen LogP contribution in [0.15, 0.2) is 81.7 Å². The first kappa shape index (κ1) is 15.4. The van der Waals surface area contributed by atoms with Crippen molar-refractivity contribution in [1.29, 1.82) is 0 Å². The molecule has 0 saturated carbocycles. The molecule has 0 amide bonds. The fourth-order valence-electron chi connectivity index (χ4n) is 3.73. The number of hydrogen-bond acceptors (Lipinski definition) is 3. The fourth-order valence-corrected chi connectivity index (χ4v) is 5.21. The predicted molar refractivity (Wildman–Crippen MR) is 118 cm³/mol. The van der Waals surface area contributed by atoms with Crippen LogP contribution >= 0.6 is 27.3 Å². The standard InChI is InChI=1S/C23H12BrNOS/c24-15-8-6-13-7-10-18-20(16(13)12-15)21-19(27-18)11-9-17-22(21)26-23(25-17)14-4-2-1-3-5-14/h1-12H. The Labute approximate surface area is 167 Å². The van der Waals surface area contributed by atoms with E-state index in [-0.39, 0.29) is 0 Å². The highest BCUT2D eigenvalue weighted by Crippen LogP contribution is 2.43. The summed E-state index contributed by atoms with van der Waals surface area (Å²) < 4.78 is 9.86. The molecule has 0 unspecified atom stereocenters. The first-order valence-corrected chi connectivity index (χ1v) is 10.3. The summed E-state index contributed by atoms with van der Waals surface area (Å²) in [4.78, 5) is 4.75. The van der Waals surface area contributed by atoms with Gasteiger partial charge in [0.2, 0.25) is 5.89 Å². The lowest BCUT2D eigenvalue weighted by atomic mass is 10.0. The fraction of sp³-hybridized carbons (Fsp3) is 0. The van der Waals surface area contributed by atoms with Crippen molar-refractivity contribution in [3.63, 3.8) is 0 Å². The van der Waals surface area contributed by atoms with Crippen LogP contribution in [0.5, 0.6) is 0 Å². The molecule has 2 aromatic heterocycles. The zero-order valence-corrected chi connectivity index (χ0v) is 16.5. The van der Waals surface area contributed by atoms with E-state index in [0.29, 0.717) is 5.89 Å². The van der Waals surface area contributed by atoms with E-state index in [4.69, 9.17) is 9.40 Å². The van der Waals surface area contributed by atoms with Crippen molar-refractivity contribution >= 4 is 69.3 Å². The average molecular weight is 430 g/mol. The third kappa shape index (κ3) is 2.27. The highest BCUT2D eigenvalue weighted by molar-refractivity contribution is 9.10. The highest BCUT2D eigenvalue weighted by Gasteiger charge is 2.17. The Morgan fingerprint density at radius 1 is 0.815 bits per heavy atom. The van der Waals surface area contributed by atoms with Crippen LogP contribution in [0.2, 0.25) is 0 Å². The molecule has 6 aromatic rings. The van der Waals surface area contributed by atoms with Gasteiger partial charge in [-0.25, -0.2) is 4.98 Å². The minimum absolute atomic E-state index is 0.666. The Morgan fingerprint density at radius 3 is 2.48 bits per heavy atom. The van der Waals surface area contributed by atoms with Crippen molar-refractivity contribution in [2.45, 2.75) is 0 Å². The molecule has 6 rings (SSSR count). The number of hydrogen-bond donors (Lipinski definition) is 0. The van der Waals surface area contributed by atoms with Crippen LogP contribution in [0.3, 0.4) is 0 Å². The topological polar surface area (TPSA) is 26.0 Å².